The van der Waals surface area contributed by atoms with Gasteiger partial charge in [0.1, 0.15) is 0 Å². The third kappa shape index (κ3) is 1.34. The van der Waals surface area contributed by atoms with Gasteiger partial charge in [-0.25, -0.2) is 0 Å². The van der Waals surface area contributed by atoms with E-state index in [0.29, 0.717) is 0 Å². The predicted octanol–water partition coefficient (Wildman–Crippen LogP) is 3.48. The van der Waals surface area contributed by atoms with E-state index < -0.39 is 0 Å². The fourth-order valence-corrected chi connectivity index (χ4v) is 3.60. The minimum Gasteiger partial charge on any atom is -0.334 e. The molecule has 88 valence electrons. The molecule has 0 radical (unpaired) electrons. The van der Waals surface area contributed by atoms with Crippen LogP contribution in [0.4, 0.5) is 5.69 Å². The lowest BCUT2D eigenvalue weighted by Crippen LogP contribution is -2.27. The van der Waals surface area contributed by atoms with Crippen LogP contribution in [0.3, 0.4) is 0 Å². The van der Waals surface area contributed by atoms with Crippen molar-refractivity contribution in [1.82, 2.24) is 0 Å². The van der Waals surface area contributed by atoms with E-state index in [-0.39, 0.29) is 6.04 Å². The molecule has 3 aliphatic rings. The van der Waals surface area contributed by atoms with Crippen LogP contribution in [0.1, 0.15) is 5.56 Å². The molecule has 0 fully saturated rings. The van der Waals surface area contributed by atoms with E-state index in [1.54, 1.807) is 0 Å². The second-order valence-electron chi connectivity index (χ2n) is 4.46. The molecule has 1 unspecified atom stereocenters. The van der Waals surface area contributed by atoms with Gasteiger partial charge in [-0.2, -0.15) is 0 Å². The van der Waals surface area contributed by atoms with Crippen molar-refractivity contribution in [2.75, 3.05) is 10.7 Å². The first kappa shape index (κ1) is 10.2. The van der Waals surface area contributed by atoms with E-state index in [4.69, 9.17) is 0 Å². The van der Waals surface area contributed by atoms with Gasteiger partial charge in [-0.1, -0.05) is 24.3 Å². The van der Waals surface area contributed by atoms with Crippen molar-refractivity contribution in [2.24, 2.45) is 4.99 Å². The molecule has 1 atom stereocenters. The molecule has 4 rings (SSSR count). The van der Waals surface area contributed by atoms with Crippen LogP contribution in [0.25, 0.3) is 5.57 Å². The standard InChI is InChI=1S/C15H12N2S/c1-4-12-11-5-2-7-16-10-13(11)17-8-3-9-18-14(6-1)15(12)17/h1-8,10,13H,9H2. The minimum absolute atomic E-state index is 0.242. The number of hydrogen-bond acceptors (Lipinski definition) is 3. The molecule has 0 aliphatic carbocycles. The fraction of sp³-hybridized carbons (Fsp3) is 0.133. The molecule has 0 saturated carbocycles. The van der Waals surface area contributed by atoms with Crippen molar-refractivity contribution < 1.29 is 0 Å². The van der Waals surface area contributed by atoms with Crippen LogP contribution in [0.5, 0.6) is 0 Å². The van der Waals surface area contributed by atoms with Gasteiger partial charge < -0.3 is 4.90 Å². The molecule has 18 heavy (non-hydrogen) atoms. The number of rotatable bonds is 0. The van der Waals surface area contributed by atoms with Crippen LogP contribution in [0.2, 0.25) is 0 Å². The Balaban J connectivity index is 2.01. The lowest BCUT2D eigenvalue weighted by molar-refractivity contribution is 1.04. The third-order valence-corrected chi connectivity index (χ3v) is 4.46. The highest BCUT2D eigenvalue weighted by atomic mass is 32.2. The van der Waals surface area contributed by atoms with Gasteiger partial charge in [0.25, 0.3) is 0 Å². The van der Waals surface area contributed by atoms with Crippen molar-refractivity contribution >= 4 is 29.2 Å². The zero-order valence-electron chi connectivity index (χ0n) is 9.78. The van der Waals surface area contributed by atoms with Crippen molar-refractivity contribution in [2.45, 2.75) is 10.9 Å². The van der Waals surface area contributed by atoms with E-state index in [0.717, 1.165) is 5.75 Å². The molecule has 1 aromatic rings. The number of benzene rings is 1. The van der Waals surface area contributed by atoms with Gasteiger partial charge in [-0.3, -0.25) is 4.99 Å². The maximum Gasteiger partial charge on any atom is 0.0947 e. The molecule has 0 amide bonds. The van der Waals surface area contributed by atoms with Gasteiger partial charge in [0, 0.05) is 34.8 Å². The summed E-state index contributed by atoms with van der Waals surface area (Å²) >= 11 is 1.90. The highest BCUT2D eigenvalue weighted by molar-refractivity contribution is 7.99. The Kier molecular flexibility index (Phi) is 2.20. The maximum atomic E-state index is 4.34. The Morgan fingerprint density at radius 2 is 2.33 bits per heavy atom. The first-order chi connectivity index (χ1) is 8.95. The van der Waals surface area contributed by atoms with Crippen molar-refractivity contribution in [3.05, 3.63) is 54.4 Å². The number of thioether (sulfide) groups is 1. The molecule has 0 bridgehead atoms. The van der Waals surface area contributed by atoms with Gasteiger partial charge >= 0.3 is 0 Å². The number of aliphatic imine (C=N–C) groups is 1. The molecule has 0 aromatic heterocycles. The van der Waals surface area contributed by atoms with Crippen LogP contribution < -0.4 is 4.90 Å². The molecule has 3 heterocycles. The Bertz CT molecular complexity index is 625. The Morgan fingerprint density at radius 1 is 1.33 bits per heavy atom. The number of allylic oxidation sites excluding steroid dienone is 2. The van der Waals surface area contributed by atoms with Crippen molar-refractivity contribution in [1.29, 1.82) is 0 Å². The molecule has 3 heteroatoms. The van der Waals surface area contributed by atoms with Gasteiger partial charge in [-0.15, -0.1) is 11.8 Å². The zero-order valence-corrected chi connectivity index (χ0v) is 10.6. The first-order valence-electron chi connectivity index (χ1n) is 6.06. The average Bonchev–Trinajstić information content (AvgIpc) is 2.61. The predicted molar refractivity (Wildman–Crippen MR) is 78.2 cm³/mol. The molecule has 1 aromatic carbocycles. The van der Waals surface area contributed by atoms with Crippen LogP contribution in [-0.2, 0) is 0 Å². The monoisotopic (exact) mass is 252 g/mol. The highest BCUT2D eigenvalue weighted by Gasteiger charge is 2.34. The zero-order chi connectivity index (χ0) is 11.9. The first-order valence-corrected chi connectivity index (χ1v) is 7.05. The van der Waals surface area contributed by atoms with E-state index in [2.05, 4.69) is 46.4 Å². The molecular weight excluding hydrogens is 240 g/mol. The molecule has 2 nitrogen and oxygen atoms in total. The molecular formula is C15H12N2S. The summed E-state index contributed by atoms with van der Waals surface area (Å²) in [6.07, 6.45) is 12.5. The summed E-state index contributed by atoms with van der Waals surface area (Å²) in [7, 11) is 0. The number of hydrogen-bond donors (Lipinski definition) is 0. The number of nitrogens with zero attached hydrogens (tertiary/aromatic N) is 2. The molecule has 0 N–H and O–H groups in total. The highest BCUT2D eigenvalue weighted by Crippen LogP contribution is 2.47. The second kappa shape index (κ2) is 3.89. The van der Waals surface area contributed by atoms with Gasteiger partial charge in [-0.05, 0) is 17.7 Å². The van der Waals surface area contributed by atoms with Crippen LogP contribution in [0.15, 0.2) is 58.7 Å². The van der Waals surface area contributed by atoms with Crippen molar-refractivity contribution in [3.8, 4) is 0 Å². The summed E-state index contributed by atoms with van der Waals surface area (Å²) in [4.78, 5) is 8.04. The van der Waals surface area contributed by atoms with E-state index in [1.807, 2.05) is 30.3 Å². The largest absolute Gasteiger partial charge is 0.334 e. The summed E-state index contributed by atoms with van der Waals surface area (Å²) < 4.78 is 0. The van der Waals surface area contributed by atoms with E-state index in [9.17, 15) is 0 Å². The maximum absolute atomic E-state index is 4.34. The number of fused-ring (bicyclic) bond motifs is 3. The SMILES string of the molecule is C1=CN=CC2C(=C1)c1cccc3c1N2C=CCS3. The van der Waals surface area contributed by atoms with Crippen LogP contribution in [0, 0.1) is 0 Å². The Hall–Kier alpha value is -1.74. The van der Waals surface area contributed by atoms with Gasteiger partial charge in [0.15, 0.2) is 0 Å². The smallest absolute Gasteiger partial charge is 0.0947 e. The van der Waals surface area contributed by atoms with E-state index in [1.165, 1.54) is 21.7 Å². The minimum atomic E-state index is 0.242. The number of anilines is 1. The van der Waals surface area contributed by atoms with E-state index >= 15 is 0 Å². The summed E-state index contributed by atoms with van der Waals surface area (Å²) in [6, 6.07) is 6.82. The quantitative estimate of drug-likeness (QED) is 0.702. The van der Waals surface area contributed by atoms with Crippen LogP contribution >= 0.6 is 11.8 Å². The summed E-state index contributed by atoms with van der Waals surface area (Å²) in [5.41, 5.74) is 4.03. The summed E-state index contributed by atoms with van der Waals surface area (Å²) in [5.74, 6) is 1.04. The average molecular weight is 252 g/mol. The Labute approximate surface area is 110 Å². The molecule has 0 spiro atoms. The van der Waals surface area contributed by atoms with Gasteiger partial charge in [0.2, 0.25) is 0 Å². The lowest BCUT2D eigenvalue weighted by atomic mass is 10.0. The molecule has 3 aliphatic heterocycles. The third-order valence-electron chi connectivity index (χ3n) is 3.46. The number of para-hydroxylation sites is 1. The lowest BCUT2D eigenvalue weighted by Gasteiger charge is -2.20. The topological polar surface area (TPSA) is 15.6 Å². The van der Waals surface area contributed by atoms with Crippen LogP contribution in [-0.4, -0.2) is 18.0 Å². The summed E-state index contributed by atoms with van der Waals surface area (Å²) in [6.45, 7) is 0. The fourth-order valence-electron chi connectivity index (χ4n) is 2.72. The normalized spacial score (nSPS) is 23.2. The molecule has 0 saturated heterocycles. The Morgan fingerprint density at radius 3 is 3.33 bits per heavy atom. The second-order valence-corrected chi connectivity index (χ2v) is 5.52. The van der Waals surface area contributed by atoms with Gasteiger partial charge in [0.05, 0.1) is 11.7 Å². The van der Waals surface area contributed by atoms with Crippen molar-refractivity contribution in [3.63, 3.8) is 0 Å². The summed E-state index contributed by atoms with van der Waals surface area (Å²) in [5, 5.41) is 0.